The van der Waals surface area contributed by atoms with Crippen LogP contribution in [-0.2, 0) is 9.84 Å². The fraction of sp³-hybridized carbons (Fsp3) is 0.600. The second kappa shape index (κ2) is 7.71. The molecule has 8 heteroatoms. The molecular weight excluding hydrogens is 394 g/mol. The average molecular weight is 422 g/mol. The number of aliphatic imine (C=N–C) groups is 1. The van der Waals surface area contributed by atoms with Crippen LogP contribution in [0.4, 0.5) is 5.69 Å². The number of sulfone groups is 1. The van der Waals surface area contributed by atoms with Gasteiger partial charge in [0.05, 0.1) is 17.5 Å². The number of nitrogens with one attached hydrogen (secondary N) is 2. The Bertz CT molecular complexity index is 913. The third-order valence-corrected chi connectivity index (χ3v) is 9.13. The molecule has 0 aromatic heterocycles. The van der Waals surface area contributed by atoms with Gasteiger partial charge in [-0.1, -0.05) is 37.6 Å². The van der Waals surface area contributed by atoms with E-state index in [2.05, 4.69) is 22.5 Å². The van der Waals surface area contributed by atoms with Gasteiger partial charge in [-0.15, -0.1) is 0 Å². The summed E-state index contributed by atoms with van der Waals surface area (Å²) in [5.74, 6) is 0.806. The van der Waals surface area contributed by atoms with E-state index in [9.17, 15) is 13.2 Å². The number of thioether (sulfide) groups is 1. The lowest BCUT2D eigenvalue weighted by Crippen LogP contribution is -2.41. The lowest BCUT2D eigenvalue weighted by molar-refractivity contribution is 0.0910. The van der Waals surface area contributed by atoms with Gasteiger partial charge in [0.1, 0.15) is 0 Å². The third-order valence-electron chi connectivity index (χ3n) is 5.99. The smallest absolute Gasteiger partial charge is 0.251 e. The summed E-state index contributed by atoms with van der Waals surface area (Å²) in [6.07, 6.45) is 4.63. The van der Waals surface area contributed by atoms with Crippen molar-refractivity contribution in [1.29, 1.82) is 0 Å². The molecule has 4 rings (SSSR count). The van der Waals surface area contributed by atoms with Gasteiger partial charge in [0, 0.05) is 22.5 Å². The fourth-order valence-electron chi connectivity index (χ4n) is 4.21. The van der Waals surface area contributed by atoms with Gasteiger partial charge in [-0.3, -0.25) is 9.79 Å². The molecule has 1 saturated carbocycles. The summed E-state index contributed by atoms with van der Waals surface area (Å²) >= 11 is 1.49. The van der Waals surface area contributed by atoms with Crippen molar-refractivity contribution in [2.24, 2.45) is 10.9 Å². The zero-order valence-corrected chi connectivity index (χ0v) is 17.9. The molecule has 4 atom stereocenters. The lowest BCUT2D eigenvalue weighted by atomic mass is 9.86. The van der Waals surface area contributed by atoms with Crippen LogP contribution in [0, 0.1) is 12.8 Å². The summed E-state index contributed by atoms with van der Waals surface area (Å²) in [5.41, 5.74) is 2.51. The second-order valence-electron chi connectivity index (χ2n) is 8.23. The Hall–Kier alpha value is -1.54. The standard InChI is InChI=1S/C20H27N3O3S2/c1-12-5-3-4-6-15(12)21-19(24)14-8-7-13(2)16(9-14)22-20-23-17-10-28(25,26)11-18(17)27-20/h7-9,12,15,17-18H,3-6,10-11H2,1-2H3,(H,21,24)(H,22,23)/t12?,15?,17-,18+/m1/s1. The molecule has 0 radical (unpaired) electrons. The van der Waals surface area contributed by atoms with Gasteiger partial charge in [0.15, 0.2) is 15.0 Å². The first kappa shape index (κ1) is 19.8. The van der Waals surface area contributed by atoms with Crippen molar-refractivity contribution in [3.63, 3.8) is 0 Å². The van der Waals surface area contributed by atoms with E-state index in [1.807, 2.05) is 25.1 Å². The number of amides is 1. The van der Waals surface area contributed by atoms with Crippen LogP contribution in [0.1, 0.15) is 48.5 Å². The molecule has 2 N–H and O–H groups in total. The number of amidine groups is 1. The molecule has 0 spiro atoms. The van der Waals surface area contributed by atoms with E-state index in [4.69, 9.17) is 0 Å². The van der Waals surface area contributed by atoms with Crippen LogP contribution in [0.15, 0.2) is 23.2 Å². The number of fused-ring (bicyclic) bond motifs is 1. The van der Waals surface area contributed by atoms with Crippen molar-refractivity contribution in [3.8, 4) is 0 Å². The number of benzene rings is 1. The minimum Gasteiger partial charge on any atom is -0.349 e. The van der Waals surface area contributed by atoms with Gasteiger partial charge in [0.25, 0.3) is 5.91 Å². The Labute approximate surface area is 170 Å². The number of nitrogens with zero attached hydrogens (tertiary/aromatic N) is 1. The highest BCUT2D eigenvalue weighted by Gasteiger charge is 2.42. The summed E-state index contributed by atoms with van der Waals surface area (Å²) in [6, 6.07) is 5.75. The maximum atomic E-state index is 12.7. The van der Waals surface area contributed by atoms with Gasteiger partial charge in [-0.25, -0.2) is 8.42 Å². The predicted molar refractivity (Wildman–Crippen MR) is 115 cm³/mol. The van der Waals surface area contributed by atoms with Crippen molar-refractivity contribution >= 4 is 38.4 Å². The SMILES string of the molecule is Cc1ccc(C(=O)NC2CCCCC2C)cc1NC1=N[C@@H]2CS(=O)(=O)C[C@@H]2S1. The number of rotatable bonds is 3. The normalized spacial score (nSPS) is 31.1. The molecule has 28 heavy (non-hydrogen) atoms. The molecule has 0 bridgehead atoms. The average Bonchev–Trinajstić information content (AvgIpc) is 3.11. The van der Waals surface area contributed by atoms with E-state index in [-0.39, 0.29) is 34.7 Å². The van der Waals surface area contributed by atoms with Crippen LogP contribution in [0.2, 0.25) is 0 Å². The summed E-state index contributed by atoms with van der Waals surface area (Å²) in [6.45, 7) is 4.19. The number of carbonyl (C=O) groups excluding carboxylic acids is 1. The number of hydrogen-bond acceptors (Lipinski definition) is 6. The maximum absolute atomic E-state index is 12.7. The zero-order chi connectivity index (χ0) is 19.9. The number of anilines is 1. The van der Waals surface area contributed by atoms with E-state index in [0.717, 1.165) is 22.8 Å². The van der Waals surface area contributed by atoms with Gasteiger partial charge in [-0.2, -0.15) is 0 Å². The Morgan fingerprint density at radius 3 is 2.75 bits per heavy atom. The lowest BCUT2D eigenvalue weighted by Gasteiger charge is -2.29. The highest BCUT2D eigenvalue weighted by atomic mass is 32.2. The van der Waals surface area contributed by atoms with E-state index >= 15 is 0 Å². The zero-order valence-electron chi connectivity index (χ0n) is 16.3. The van der Waals surface area contributed by atoms with E-state index in [1.165, 1.54) is 31.0 Å². The van der Waals surface area contributed by atoms with E-state index in [1.54, 1.807) is 0 Å². The molecule has 6 nitrogen and oxygen atoms in total. The molecule has 2 heterocycles. The van der Waals surface area contributed by atoms with Crippen LogP contribution in [0.5, 0.6) is 0 Å². The molecule has 1 aromatic rings. The van der Waals surface area contributed by atoms with Gasteiger partial charge < -0.3 is 10.6 Å². The minimum absolute atomic E-state index is 0.00655. The van der Waals surface area contributed by atoms with Gasteiger partial charge in [-0.05, 0) is 43.4 Å². The summed E-state index contributed by atoms with van der Waals surface area (Å²) in [5, 5.41) is 7.26. The molecule has 1 amide bonds. The predicted octanol–water partition coefficient (Wildman–Crippen LogP) is 2.98. The first-order valence-electron chi connectivity index (χ1n) is 9.94. The van der Waals surface area contributed by atoms with Crippen LogP contribution in [-0.4, -0.2) is 48.3 Å². The molecule has 1 saturated heterocycles. The first-order chi connectivity index (χ1) is 13.3. The van der Waals surface area contributed by atoms with Crippen molar-refractivity contribution < 1.29 is 13.2 Å². The molecule has 2 aliphatic heterocycles. The summed E-state index contributed by atoms with van der Waals surface area (Å²) in [7, 11) is -2.96. The molecule has 2 unspecified atom stereocenters. The number of carbonyl (C=O) groups is 1. The molecule has 3 aliphatic rings. The summed E-state index contributed by atoms with van der Waals surface area (Å²) in [4.78, 5) is 17.3. The fourth-order valence-corrected chi connectivity index (χ4v) is 7.88. The Morgan fingerprint density at radius 2 is 2.00 bits per heavy atom. The topological polar surface area (TPSA) is 87.6 Å². The second-order valence-corrected chi connectivity index (χ2v) is 11.6. The van der Waals surface area contributed by atoms with Crippen molar-refractivity contribution in [2.75, 3.05) is 16.8 Å². The number of aryl methyl sites for hydroxylation is 1. The highest BCUT2D eigenvalue weighted by molar-refractivity contribution is 8.15. The molecular formula is C20H27N3O3S2. The third kappa shape index (κ3) is 4.22. The van der Waals surface area contributed by atoms with Crippen LogP contribution in [0.3, 0.4) is 0 Å². The Kier molecular flexibility index (Phi) is 5.44. The highest BCUT2D eigenvalue weighted by Crippen LogP contribution is 2.35. The number of hydrogen-bond donors (Lipinski definition) is 2. The van der Waals surface area contributed by atoms with Crippen molar-refractivity contribution in [3.05, 3.63) is 29.3 Å². The van der Waals surface area contributed by atoms with Crippen molar-refractivity contribution in [2.45, 2.75) is 56.9 Å². The largest absolute Gasteiger partial charge is 0.349 e. The Morgan fingerprint density at radius 1 is 1.21 bits per heavy atom. The van der Waals surface area contributed by atoms with Gasteiger partial charge in [0.2, 0.25) is 0 Å². The molecule has 1 aromatic carbocycles. The van der Waals surface area contributed by atoms with Gasteiger partial charge >= 0.3 is 0 Å². The van der Waals surface area contributed by atoms with Crippen LogP contribution in [0.25, 0.3) is 0 Å². The maximum Gasteiger partial charge on any atom is 0.251 e. The van der Waals surface area contributed by atoms with Crippen LogP contribution >= 0.6 is 11.8 Å². The molecule has 2 fully saturated rings. The Balaban J connectivity index is 1.45. The molecule has 1 aliphatic carbocycles. The van der Waals surface area contributed by atoms with Crippen LogP contribution < -0.4 is 10.6 Å². The monoisotopic (exact) mass is 421 g/mol. The summed E-state index contributed by atoms with van der Waals surface area (Å²) < 4.78 is 23.4. The van der Waals surface area contributed by atoms with Crippen molar-refractivity contribution in [1.82, 2.24) is 5.32 Å². The quantitative estimate of drug-likeness (QED) is 0.783. The van der Waals surface area contributed by atoms with E-state index in [0.29, 0.717) is 11.5 Å². The molecule has 152 valence electrons. The minimum atomic E-state index is -2.96. The van der Waals surface area contributed by atoms with E-state index < -0.39 is 9.84 Å². The first-order valence-corrected chi connectivity index (χ1v) is 12.6.